The van der Waals surface area contributed by atoms with Gasteiger partial charge in [-0.25, -0.2) is 5.01 Å². The Morgan fingerprint density at radius 2 is 1.93 bits per heavy atom. The standard InChI is InChI=1S/C23H24N4O2/c1-23(2)13-21(18-10-7-11-20(12-18)29-3)25-27(23)22(28)19-14-24-26(16-19)15-17-8-5-4-6-9-17/h4-12,14,16H,13,15H2,1-3H3. The first-order valence-corrected chi connectivity index (χ1v) is 9.59. The van der Waals surface area contributed by atoms with E-state index in [1.54, 1.807) is 29.2 Å². The zero-order chi connectivity index (χ0) is 20.4. The highest BCUT2D eigenvalue weighted by Gasteiger charge is 2.39. The van der Waals surface area contributed by atoms with Crippen molar-refractivity contribution in [1.82, 2.24) is 14.8 Å². The predicted octanol–water partition coefficient (Wildman–Crippen LogP) is 3.97. The summed E-state index contributed by atoms with van der Waals surface area (Å²) in [5.41, 5.74) is 3.09. The number of ether oxygens (including phenoxy) is 1. The molecule has 0 saturated carbocycles. The van der Waals surface area contributed by atoms with E-state index in [1.165, 1.54) is 0 Å². The third-order valence-electron chi connectivity index (χ3n) is 5.06. The van der Waals surface area contributed by atoms with Crippen LogP contribution >= 0.6 is 0 Å². The predicted molar refractivity (Wildman–Crippen MR) is 112 cm³/mol. The van der Waals surface area contributed by atoms with Crippen molar-refractivity contribution in [2.45, 2.75) is 32.4 Å². The first-order chi connectivity index (χ1) is 14.0. The molecular formula is C23H24N4O2. The Labute approximate surface area is 170 Å². The van der Waals surface area contributed by atoms with E-state index in [-0.39, 0.29) is 5.91 Å². The zero-order valence-electron chi connectivity index (χ0n) is 16.9. The number of amides is 1. The van der Waals surface area contributed by atoms with Crippen LogP contribution in [0.25, 0.3) is 0 Å². The number of hydrogen-bond donors (Lipinski definition) is 0. The molecule has 1 amide bonds. The number of aromatic nitrogens is 2. The summed E-state index contributed by atoms with van der Waals surface area (Å²) in [5, 5.41) is 10.6. The Morgan fingerprint density at radius 3 is 2.69 bits per heavy atom. The maximum Gasteiger partial charge on any atom is 0.277 e. The number of carbonyl (C=O) groups is 1. The molecule has 0 fully saturated rings. The van der Waals surface area contributed by atoms with E-state index in [4.69, 9.17) is 4.74 Å². The highest BCUT2D eigenvalue weighted by molar-refractivity contribution is 6.05. The molecule has 1 aliphatic heterocycles. The van der Waals surface area contributed by atoms with Gasteiger partial charge in [-0.2, -0.15) is 10.2 Å². The number of nitrogens with zero attached hydrogens (tertiary/aromatic N) is 4. The summed E-state index contributed by atoms with van der Waals surface area (Å²) in [7, 11) is 1.64. The Bertz CT molecular complexity index is 1050. The SMILES string of the molecule is COc1cccc(C2=NN(C(=O)c3cnn(Cc4ccccc4)c3)C(C)(C)C2)c1. The monoisotopic (exact) mass is 388 g/mol. The summed E-state index contributed by atoms with van der Waals surface area (Å²) in [6.07, 6.45) is 4.06. The number of carbonyl (C=O) groups excluding carboxylic acids is 1. The van der Waals surface area contributed by atoms with E-state index in [1.807, 2.05) is 68.4 Å². The molecule has 0 N–H and O–H groups in total. The quantitative estimate of drug-likeness (QED) is 0.664. The third-order valence-corrected chi connectivity index (χ3v) is 5.06. The number of rotatable bonds is 5. The molecule has 1 aliphatic rings. The van der Waals surface area contributed by atoms with Crippen LogP contribution in [0.3, 0.4) is 0 Å². The molecule has 29 heavy (non-hydrogen) atoms. The molecule has 2 heterocycles. The van der Waals surface area contributed by atoms with Gasteiger partial charge in [0.25, 0.3) is 5.91 Å². The van der Waals surface area contributed by atoms with E-state index in [9.17, 15) is 4.79 Å². The van der Waals surface area contributed by atoms with Crippen LogP contribution in [0.1, 0.15) is 41.8 Å². The van der Waals surface area contributed by atoms with Crippen molar-refractivity contribution >= 4 is 11.6 Å². The molecule has 3 aromatic rings. The molecule has 1 aromatic heterocycles. The fraction of sp³-hybridized carbons (Fsp3) is 0.261. The van der Waals surface area contributed by atoms with Crippen LogP contribution in [-0.4, -0.2) is 39.1 Å². The van der Waals surface area contributed by atoms with Crippen LogP contribution in [-0.2, 0) is 6.54 Å². The van der Waals surface area contributed by atoms with Crippen LogP contribution in [0.2, 0.25) is 0 Å². The van der Waals surface area contributed by atoms with Gasteiger partial charge in [-0.05, 0) is 31.5 Å². The maximum absolute atomic E-state index is 13.2. The Kier molecular flexibility index (Phi) is 4.92. The molecule has 0 radical (unpaired) electrons. The second kappa shape index (κ2) is 7.54. The molecule has 0 spiro atoms. The van der Waals surface area contributed by atoms with Crippen molar-refractivity contribution in [3.8, 4) is 5.75 Å². The van der Waals surface area contributed by atoms with Crippen molar-refractivity contribution in [1.29, 1.82) is 0 Å². The normalized spacial score (nSPS) is 15.3. The minimum atomic E-state index is -0.420. The minimum Gasteiger partial charge on any atom is -0.497 e. The van der Waals surface area contributed by atoms with Gasteiger partial charge in [-0.3, -0.25) is 9.48 Å². The van der Waals surface area contributed by atoms with Crippen molar-refractivity contribution in [3.63, 3.8) is 0 Å². The Balaban J connectivity index is 1.56. The smallest absolute Gasteiger partial charge is 0.277 e. The lowest BCUT2D eigenvalue weighted by molar-refractivity contribution is 0.0612. The van der Waals surface area contributed by atoms with Gasteiger partial charge in [0.2, 0.25) is 0 Å². The summed E-state index contributed by atoms with van der Waals surface area (Å²) >= 11 is 0. The number of hydrazone groups is 1. The van der Waals surface area contributed by atoms with E-state index < -0.39 is 5.54 Å². The average Bonchev–Trinajstić information content (AvgIpc) is 3.32. The summed E-state index contributed by atoms with van der Waals surface area (Å²) in [6.45, 7) is 4.67. The van der Waals surface area contributed by atoms with Gasteiger partial charge < -0.3 is 4.74 Å². The molecule has 0 aliphatic carbocycles. The van der Waals surface area contributed by atoms with E-state index in [0.29, 0.717) is 18.5 Å². The largest absolute Gasteiger partial charge is 0.497 e. The molecule has 6 nitrogen and oxygen atoms in total. The zero-order valence-corrected chi connectivity index (χ0v) is 16.9. The summed E-state index contributed by atoms with van der Waals surface area (Å²) in [6, 6.07) is 17.8. The molecule has 0 atom stereocenters. The highest BCUT2D eigenvalue weighted by atomic mass is 16.5. The van der Waals surface area contributed by atoms with Crippen LogP contribution in [0.5, 0.6) is 5.75 Å². The van der Waals surface area contributed by atoms with Crippen molar-refractivity contribution in [3.05, 3.63) is 83.7 Å². The summed E-state index contributed by atoms with van der Waals surface area (Å²) in [4.78, 5) is 13.2. The lowest BCUT2D eigenvalue weighted by Crippen LogP contribution is -2.40. The van der Waals surface area contributed by atoms with Crippen LogP contribution in [0.15, 0.2) is 72.1 Å². The van der Waals surface area contributed by atoms with Crippen LogP contribution in [0.4, 0.5) is 0 Å². The molecular weight excluding hydrogens is 364 g/mol. The van der Waals surface area contributed by atoms with Crippen LogP contribution in [0, 0.1) is 0 Å². The van der Waals surface area contributed by atoms with E-state index in [2.05, 4.69) is 10.2 Å². The van der Waals surface area contributed by atoms with Crippen molar-refractivity contribution < 1.29 is 9.53 Å². The van der Waals surface area contributed by atoms with Crippen molar-refractivity contribution in [2.75, 3.05) is 7.11 Å². The van der Waals surface area contributed by atoms with Crippen LogP contribution < -0.4 is 4.74 Å². The second-order valence-corrected chi connectivity index (χ2v) is 7.80. The van der Waals surface area contributed by atoms with Gasteiger partial charge in [0.15, 0.2) is 0 Å². The Morgan fingerprint density at radius 1 is 1.14 bits per heavy atom. The third kappa shape index (κ3) is 3.92. The molecule has 0 bridgehead atoms. The average molecular weight is 388 g/mol. The van der Waals surface area contributed by atoms with Gasteiger partial charge in [0.1, 0.15) is 5.75 Å². The first kappa shape index (κ1) is 18.9. The summed E-state index contributed by atoms with van der Waals surface area (Å²) in [5.74, 6) is 0.627. The fourth-order valence-electron chi connectivity index (χ4n) is 3.51. The summed E-state index contributed by atoms with van der Waals surface area (Å²) < 4.78 is 7.09. The number of benzene rings is 2. The number of hydrogen-bond acceptors (Lipinski definition) is 4. The molecule has 4 rings (SSSR count). The molecule has 6 heteroatoms. The van der Waals surface area contributed by atoms with E-state index >= 15 is 0 Å². The lowest BCUT2D eigenvalue weighted by atomic mass is 9.94. The van der Waals surface area contributed by atoms with Gasteiger partial charge in [0, 0.05) is 18.2 Å². The molecule has 0 unspecified atom stereocenters. The highest BCUT2D eigenvalue weighted by Crippen LogP contribution is 2.31. The van der Waals surface area contributed by atoms with Gasteiger partial charge in [-0.15, -0.1) is 0 Å². The first-order valence-electron chi connectivity index (χ1n) is 9.59. The molecule has 2 aromatic carbocycles. The second-order valence-electron chi connectivity index (χ2n) is 7.80. The van der Waals surface area contributed by atoms with Gasteiger partial charge in [0.05, 0.1) is 36.7 Å². The Hall–Kier alpha value is -3.41. The topological polar surface area (TPSA) is 59.7 Å². The fourth-order valence-corrected chi connectivity index (χ4v) is 3.51. The van der Waals surface area contributed by atoms with Gasteiger partial charge in [-0.1, -0.05) is 42.5 Å². The molecule has 148 valence electrons. The maximum atomic E-state index is 13.2. The lowest BCUT2D eigenvalue weighted by Gasteiger charge is -2.28. The van der Waals surface area contributed by atoms with Gasteiger partial charge >= 0.3 is 0 Å². The minimum absolute atomic E-state index is 0.146. The van der Waals surface area contributed by atoms with Crippen molar-refractivity contribution in [2.24, 2.45) is 5.10 Å². The van der Waals surface area contributed by atoms with E-state index in [0.717, 1.165) is 22.6 Å². The molecule has 0 saturated heterocycles. The number of methoxy groups -OCH3 is 1.